The summed E-state index contributed by atoms with van der Waals surface area (Å²) in [7, 11) is 3.87. The predicted molar refractivity (Wildman–Crippen MR) is 58.7 cm³/mol. The Bertz CT molecular complexity index is 112. The minimum absolute atomic E-state index is 0.315. The van der Waals surface area contributed by atoms with Crippen LogP contribution >= 0.6 is 0 Å². The van der Waals surface area contributed by atoms with Crippen LogP contribution in [0.3, 0.4) is 0 Å². The first-order valence-corrected chi connectivity index (χ1v) is 5.29. The third-order valence-corrected chi connectivity index (χ3v) is 1.93. The second kappa shape index (κ2) is 10.9. The monoisotopic (exact) mass is 204 g/mol. The molecule has 0 aliphatic heterocycles. The van der Waals surface area contributed by atoms with E-state index in [0.717, 1.165) is 26.1 Å². The molecule has 0 bridgehead atoms. The lowest BCUT2D eigenvalue weighted by Gasteiger charge is -2.12. The fraction of sp³-hybridized carbons (Fsp3) is 1.00. The molecule has 0 rings (SSSR count). The lowest BCUT2D eigenvalue weighted by molar-refractivity contribution is 0.0106. The van der Waals surface area contributed by atoms with Crippen LogP contribution in [0.25, 0.3) is 0 Å². The summed E-state index contributed by atoms with van der Waals surface area (Å²) in [6.45, 7) is 6.12. The highest BCUT2D eigenvalue weighted by Gasteiger charge is 2.00. The Kier molecular flexibility index (Phi) is 10.8. The summed E-state index contributed by atoms with van der Waals surface area (Å²) in [6, 6.07) is 0. The first-order valence-electron chi connectivity index (χ1n) is 5.29. The Hall–Kier alpha value is -0.160. The van der Waals surface area contributed by atoms with E-state index < -0.39 is 0 Å². The summed E-state index contributed by atoms with van der Waals surface area (Å²) >= 11 is 0. The lowest BCUT2D eigenvalue weighted by atomic mass is 10.3. The first-order chi connectivity index (χ1) is 6.81. The van der Waals surface area contributed by atoms with Crippen LogP contribution in [0.4, 0.5) is 0 Å². The summed E-state index contributed by atoms with van der Waals surface area (Å²) in [6.07, 6.45) is 1.36. The highest BCUT2D eigenvalue weighted by Crippen LogP contribution is 1.95. The van der Waals surface area contributed by atoms with Crippen molar-refractivity contribution in [2.45, 2.75) is 19.4 Å². The fourth-order valence-electron chi connectivity index (χ4n) is 1.02. The molecule has 2 N–H and O–H groups in total. The van der Waals surface area contributed by atoms with Gasteiger partial charge >= 0.3 is 0 Å². The van der Waals surface area contributed by atoms with E-state index in [1.54, 1.807) is 0 Å². The van der Waals surface area contributed by atoms with Gasteiger partial charge in [-0.15, -0.1) is 0 Å². The van der Waals surface area contributed by atoms with Gasteiger partial charge in [0.05, 0.1) is 25.9 Å². The SMILES string of the molecule is CNCCOCCOC(C)CCNC. The molecule has 1 atom stereocenters. The molecule has 1 unspecified atom stereocenters. The van der Waals surface area contributed by atoms with Crippen LogP contribution in [0.2, 0.25) is 0 Å². The molecule has 0 aromatic carbocycles. The van der Waals surface area contributed by atoms with Crippen molar-refractivity contribution in [3.05, 3.63) is 0 Å². The second-order valence-electron chi connectivity index (χ2n) is 3.29. The Balaban J connectivity index is 3.02. The van der Waals surface area contributed by atoms with E-state index in [1.807, 2.05) is 14.1 Å². The minimum atomic E-state index is 0.315. The number of hydrogen-bond donors (Lipinski definition) is 2. The van der Waals surface area contributed by atoms with Crippen LogP contribution in [0.5, 0.6) is 0 Å². The van der Waals surface area contributed by atoms with Gasteiger partial charge in [0, 0.05) is 6.54 Å². The molecule has 0 aromatic heterocycles. The van der Waals surface area contributed by atoms with E-state index in [9.17, 15) is 0 Å². The van der Waals surface area contributed by atoms with E-state index in [0.29, 0.717) is 19.3 Å². The largest absolute Gasteiger partial charge is 0.378 e. The molecule has 0 aliphatic rings. The molecule has 0 spiro atoms. The van der Waals surface area contributed by atoms with Crippen LogP contribution in [-0.2, 0) is 9.47 Å². The van der Waals surface area contributed by atoms with Crippen molar-refractivity contribution in [3.8, 4) is 0 Å². The molecule has 0 radical (unpaired) electrons. The summed E-state index contributed by atoms with van der Waals surface area (Å²) in [5, 5.41) is 6.12. The van der Waals surface area contributed by atoms with Crippen LogP contribution in [-0.4, -0.2) is 53.1 Å². The van der Waals surface area contributed by atoms with Crippen molar-refractivity contribution in [2.24, 2.45) is 0 Å². The van der Waals surface area contributed by atoms with Crippen molar-refractivity contribution < 1.29 is 9.47 Å². The normalized spacial score (nSPS) is 13.1. The van der Waals surface area contributed by atoms with Gasteiger partial charge in [-0.25, -0.2) is 0 Å². The maximum absolute atomic E-state index is 5.54. The third kappa shape index (κ3) is 9.92. The second-order valence-corrected chi connectivity index (χ2v) is 3.29. The highest BCUT2D eigenvalue weighted by molar-refractivity contribution is 4.51. The van der Waals surface area contributed by atoms with Gasteiger partial charge in [-0.1, -0.05) is 0 Å². The standard InChI is InChI=1S/C10H24N2O2/c1-10(4-5-11-2)14-9-8-13-7-6-12-3/h10-12H,4-9H2,1-3H3. The van der Waals surface area contributed by atoms with Crippen molar-refractivity contribution >= 4 is 0 Å². The first kappa shape index (κ1) is 13.8. The molecule has 4 heteroatoms. The third-order valence-electron chi connectivity index (χ3n) is 1.93. The van der Waals surface area contributed by atoms with Gasteiger partial charge in [-0.2, -0.15) is 0 Å². The Morgan fingerprint density at radius 3 is 2.36 bits per heavy atom. The summed E-state index contributed by atoms with van der Waals surface area (Å²) < 4.78 is 10.9. The molecule has 0 aromatic rings. The predicted octanol–water partition coefficient (Wildman–Crippen LogP) is 0.237. The van der Waals surface area contributed by atoms with E-state index in [2.05, 4.69) is 17.6 Å². The van der Waals surface area contributed by atoms with Crippen molar-refractivity contribution in [1.82, 2.24) is 10.6 Å². The van der Waals surface area contributed by atoms with Crippen molar-refractivity contribution in [1.29, 1.82) is 0 Å². The Morgan fingerprint density at radius 1 is 1.00 bits per heavy atom. The Morgan fingerprint density at radius 2 is 1.71 bits per heavy atom. The van der Waals surface area contributed by atoms with Gasteiger partial charge in [-0.05, 0) is 34.0 Å². The zero-order valence-corrected chi connectivity index (χ0v) is 9.64. The van der Waals surface area contributed by atoms with Gasteiger partial charge < -0.3 is 20.1 Å². The lowest BCUT2D eigenvalue weighted by Crippen LogP contribution is -2.20. The molecule has 0 saturated heterocycles. The zero-order valence-electron chi connectivity index (χ0n) is 9.64. The average molecular weight is 204 g/mol. The van der Waals surface area contributed by atoms with E-state index in [4.69, 9.17) is 9.47 Å². The summed E-state index contributed by atoms with van der Waals surface area (Å²) in [5.41, 5.74) is 0. The molecule has 0 saturated carbocycles. The smallest absolute Gasteiger partial charge is 0.0704 e. The maximum atomic E-state index is 5.54. The molecular formula is C10H24N2O2. The van der Waals surface area contributed by atoms with Crippen LogP contribution < -0.4 is 10.6 Å². The molecular weight excluding hydrogens is 180 g/mol. The van der Waals surface area contributed by atoms with Gasteiger partial charge in [0.1, 0.15) is 0 Å². The van der Waals surface area contributed by atoms with Crippen LogP contribution in [0.15, 0.2) is 0 Å². The van der Waals surface area contributed by atoms with E-state index in [-0.39, 0.29) is 0 Å². The minimum Gasteiger partial charge on any atom is -0.378 e. The maximum Gasteiger partial charge on any atom is 0.0704 e. The van der Waals surface area contributed by atoms with Crippen molar-refractivity contribution in [3.63, 3.8) is 0 Å². The molecule has 86 valence electrons. The van der Waals surface area contributed by atoms with E-state index in [1.165, 1.54) is 0 Å². The van der Waals surface area contributed by atoms with Crippen LogP contribution in [0.1, 0.15) is 13.3 Å². The zero-order chi connectivity index (χ0) is 10.6. The average Bonchev–Trinajstić information content (AvgIpc) is 2.20. The molecule has 14 heavy (non-hydrogen) atoms. The van der Waals surface area contributed by atoms with Gasteiger partial charge in [0.15, 0.2) is 0 Å². The summed E-state index contributed by atoms with van der Waals surface area (Å²) in [4.78, 5) is 0. The molecule has 0 fully saturated rings. The van der Waals surface area contributed by atoms with Gasteiger partial charge in [0.2, 0.25) is 0 Å². The molecule has 0 aliphatic carbocycles. The number of hydrogen-bond acceptors (Lipinski definition) is 4. The van der Waals surface area contributed by atoms with E-state index >= 15 is 0 Å². The molecule has 0 heterocycles. The number of likely N-dealkylation sites (N-methyl/N-ethyl adjacent to an activating group) is 1. The van der Waals surface area contributed by atoms with Gasteiger partial charge in [0.25, 0.3) is 0 Å². The molecule has 4 nitrogen and oxygen atoms in total. The Labute approximate surface area is 87.4 Å². The highest BCUT2D eigenvalue weighted by atomic mass is 16.5. The number of rotatable bonds is 10. The number of nitrogens with one attached hydrogen (secondary N) is 2. The fourth-order valence-corrected chi connectivity index (χ4v) is 1.02. The summed E-state index contributed by atoms with van der Waals surface area (Å²) in [5.74, 6) is 0. The topological polar surface area (TPSA) is 42.5 Å². The van der Waals surface area contributed by atoms with Gasteiger partial charge in [-0.3, -0.25) is 0 Å². The van der Waals surface area contributed by atoms with Crippen LogP contribution in [0, 0.1) is 0 Å². The van der Waals surface area contributed by atoms with Crippen molar-refractivity contribution in [2.75, 3.05) is 47.0 Å². The quantitative estimate of drug-likeness (QED) is 0.500. The molecule has 0 amide bonds. The number of ether oxygens (including phenoxy) is 2.